The van der Waals surface area contributed by atoms with Crippen molar-refractivity contribution in [3.05, 3.63) is 77.4 Å². The summed E-state index contributed by atoms with van der Waals surface area (Å²) in [5.74, 6) is 0. The van der Waals surface area contributed by atoms with Gasteiger partial charge in [-0.1, -0.05) is 66.7 Å². The van der Waals surface area contributed by atoms with Gasteiger partial charge in [0.15, 0.2) is 0 Å². The molecular formula is C23H29N3O. The molecule has 2 amide bonds. The van der Waals surface area contributed by atoms with Crippen LogP contribution in [0, 0.1) is 6.92 Å². The van der Waals surface area contributed by atoms with Crippen molar-refractivity contribution in [2.45, 2.75) is 13.3 Å². The van der Waals surface area contributed by atoms with Crippen molar-refractivity contribution in [2.24, 2.45) is 0 Å². The number of benzene rings is 2. The Morgan fingerprint density at radius 3 is 2.44 bits per heavy atom. The highest BCUT2D eigenvalue weighted by Crippen LogP contribution is 2.08. The first-order valence-corrected chi connectivity index (χ1v) is 9.73. The predicted molar refractivity (Wildman–Crippen MR) is 112 cm³/mol. The van der Waals surface area contributed by atoms with Gasteiger partial charge in [-0.05, 0) is 30.0 Å². The van der Waals surface area contributed by atoms with Crippen molar-refractivity contribution in [2.75, 3.05) is 39.3 Å². The van der Waals surface area contributed by atoms with Gasteiger partial charge in [-0.3, -0.25) is 4.90 Å². The lowest BCUT2D eigenvalue weighted by Crippen LogP contribution is -2.51. The zero-order chi connectivity index (χ0) is 18.9. The lowest BCUT2D eigenvalue weighted by Gasteiger charge is -2.34. The molecule has 0 bridgehead atoms. The van der Waals surface area contributed by atoms with Crippen LogP contribution >= 0.6 is 0 Å². The number of urea groups is 1. The normalized spacial score (nSPS) is 15.2. The van der Waals surface area contributed by atoms with Gasteiger partial charge >= 0.3 is 6.03 Å². The van der Waals surface area contributed by atoms with Crippen LogP contribution in [0.3, 0.4) is 0 Å². The molecule has 1 fully saturated rings. The number of amides is 2. The van der Waals surface area contributed by atoms with Gasteiger partial charge < -0.3 is 10.2 Å². The molecule has 0 spiro atoms. The molecule has 0 unspecified atom stereocenters. The van der Waals surface area contributed by atoms with E-state index in [1.807, 2.05) is 17.0 Å². The topological polar surface area (TPSA) is 35.6 Å². The SMILES string of the molecule is Cc1ccccc1CCNC(=O)N1CCN(C/C=C/c2ccccc2)CC1. The highest BCUT2D eigenvalue weighted by atomic mass is 16.2. The molecule has 3 rings (SSSR count). The minimum Gasteiger partial charge on any atom is -0.338 e. The lowest BCUT2D eigenvalue weighted by molar-refractivity contribution is 0.147. The third kappa shape index (κ3) is 5.97. The Labute approximate surface area is 162 Å². The van der Waals surface area contributed by atoms with E-state index in [-0.39, 0.29) is 6.03 Å². The van der Waals surface area contributed by atoms with Crippen LogP contribution in [0.25, 0.3) is 6.08 Å². The van der Waals surface area contributed by atoms with E-state index >= 15 is 0 Å². The Bertz CT molecular complexity index is 749. The summed E-state index contributed by atoms with van der Waals surface area (Å²) in [5.41, 5.74) is 3.81. The minimum atomic E-state index is 0.0584. The number of nitrogens with one attached hydrogen (secondary N) is 1. The highest BCUT2D eigenvalue weighted by Gasteiger charge is 2.19. The van der Waals surface area contributed by atoms with E-state index in [0.717, 1.165) is 39.1 Å². The van der Waals surface area contributed by atoms with Gasteiger partial charge in [0.25, 0.3) is 0 Å². The fourth-order valence-corrected chi connectivity index (χ4v) is 3.34. The molecule has 1 aliphatic rings. The minimum absolute atomic E-state index is 0.0584. The number of piperazine rings is 1. The number of hydrogen-bond donors (Lipinski definition) is 1. The van der Waals surface area contributed by atoms with Crippen LogP contribution < -0.4 is 5.32 Å². The standard InChI is InChI=1S/C23H29N3O/c1-20-8-5-6-12-22(20)13-14-24-23(27)26-18-16-25(17-19-26)15-7-11-21-9-3-2-4-10-21/h2-12H,13-19H2,1H3,(H,24,27)/b11-7+. The maximum Gasteiger partial charge on any atom is 0.317 e. The number of aryl methyl sites for hydroxylation is 1. The quantitative estimate of drug-likeness (QED) is 0.851. The third-order valence-electron chi connectivity index (χ3n) is 5.06. The largest absolute Gasteiger partial charge is 0.338 e. The van der Waals surface area contributed by atoms with E-state index in [2.05, 4.69) is 71.8 Å². The first-order chi connectivity index (χ1) is 13.2. The smallest absolute Gasteiger partial charge is 0.317 e. The molecule has 1 aliphatic heterocycles. The second-order valence-corrected chi connectivity index (χ2v) is 7.01. The number of carbonyl (C=O) groups excluding carboxylic acids is 1. The molecule has 2 aromatic rings. The molecule has 4 heteroatoms. The molecule has 1 N–H and O–H groups in total. The molecule has 0 aromatic heterocycles. The van der Waals surface area contributed by atoms with Crippen LogP contribution in [0.15, 0.2) is 60.7 Å². The summed E-state index contributed by atoms with van der Waals surface area (Å²) in [7, 11) is 0. The molecular weight excluding hydrogens is 334 g/mol. The van der Waals surface area contributed by atoms with E-state index in [0.29, 0.717) is 6.54 Å². The summed E-state index contributed by atoms with van der Waals surface area (Å²) in [5, 5.41) is 3.06. The molecule has 27 heavy (non-hydrogen) atoms. The zero-order valence-electron chi connectivity index (χ0n) is 16.1. The summed E-state index contributed by atoms with van der Waals surface area (Å²) < 4.78 is 0. The number of nitrogens with zero attached hydrogens (tertiary/aromatic N) is 2. The predicted octanol–water partition coefficient (Wildman–Crippen LogP) is 3.58. The fraction of sp³-hybridized carbons (Fsp3) is 0.348. The second-order valence-electron chi connectivity index (χ2n) is 7.01. The van der Waals surface area contributed by atoms with Crippen LogP contribution in [0.1, 0.15) is 16.7 Å². The van der Waals surface area contributed by atoms with Crippen molar-refractivity contribution in [1.29, 1.82) is 0 Å². The monoisotopic (exact) mass is 363 g/mol. The van der Waals surface area contributed by atoms with Gasteiger partial charge in [-0.2, -0.15) is 0 Å². The number of hydrogen-bond acceptors (Lipinski definition) is 2. The molecule has 0 aliphatic carbocycles. The van der Waals surface area contributed by atoms with Crippen LogP contribution in [0.4, 0.5) is 4.79 Å². The van der Waals surface area contributed by atoms with Crippen LogP contribution in [-0.2, 0) is 6.42 Å². The Hall–Kier alpha value is -2.59. The van der Waals surface area contributed by atoms with Crippen LogP contribution in [0.5, 0.6) is 0 Å². The van der Waals surface area contributed by atoms with Gasteiger partial charge in [0, 0.05) is 39.3 Å². The number of carbonyl (C=O) groups is 1. The molecule has 4 nitrogen and oxygen atoms in total. The van der Waals surface area contributed by atoms with E-state index in [1.165, 1.54) is 16.7 Å². The van der Waals surface area contributed by atoms with Crippen molar-refractivity contribution >= 4 is 12.1 Å². The Balaban J connectivity index is 1.35. The Morgan fingerprint density at radius 2 is 1.70 bits per heavy atom. The first kappa shape index (κ1) is 19.2. The highest BCUT2D eigenvalue weighted by molar-refractivity contribution is 5.74. The molecule has 1 saturated heterocycles. The maximum atomic E-state index is 12.4. The summed E-state index contributed by atoms with van der Waals surface area (Å²) in [6.07, 6.45) is 5.24. The van der Waals surface area contributed by atoms with E-state index < -0.39 is 0 Å². The van der Waals surface area contributed by atoms with E-state index in [4.69, 9.17) is 0 Å². The average molecular weight is 364 g/mol. The number of rotatable bonds is 6. The Kier molecular flexibility index (Phi) is 7.05. The van der Waals surface area contributed by atoms with E-state index in [9.17, 15) is 4.79 Å². The summed E-state index contributed by atoms with van der Waals surface area (Å²) >= 11 is 0. The average Bonchev–Trinajstić information content (AvgIpc) is 2.71. The second kappa shape index (κ2) is 9.93. The van der Waals surface area contributed by atoms with Gasteiger partial charge in [0.2, 0.25) is 0 Å². The lowest BCUT2D eigenvalue weighted by atomic mass is 10.1. The maximum absolute atomic E-state index is 12.4. The van der Waals surface area contributed by atoms with E-state index in [1.54, 1.807) is 0 Å². The Morgan fingerprint density at radius 1 is 1.00 bits per heavy atom. The molecule has 1 heterocycles. The van der Waals surface area contributed by atoms with Crippen molar-refractivity contribution in [3.8, 4) is 0 Å². The summed E-state index contributed by atoms with van der Waals surface area (Å²) in [4.78, 5) is 16.7. The fourth-order valence-electron chi connectivity index (χ4n) is 3.34. The van der Waals surface area contributed by atoms with Gasteiger partial charge in [-0.25, -0.2) is 4.79 Å². The molecule has 2 aromatic carbocycles. The van der Waals surface area contributed by atoms with Gasteiger partial charge in [0.1, 0.15) is 0 Å². The summed E-state index contributed by atoms with van der Waals surface area (Å²) in [6.45, 7) is 7.14. The van der Waals surface area contributed by atoms with Crippen molar-refractivity contribution in [3.63, 3.8) is 0 Å². The van der Waals surface area contributed by atoms with Gasteiger partial charge in [-0.15, -0.1) is 0 Å². The first-order valence-electron chi connectivity index (χ1n) is 9.73. The molecule has 0 atom stereocenters. The third-order valence-corrected chi connectivity index (χ3v) is 5.06. The molecule has 142 valence electrons. The zero-order valence-corrected chi connectivity index (χ0v) is 16.1. The van der Waals surface area contributed by atoms with Crippen molar-refractivity contribution in [1.82, 2.24) is 15.1 Å². The van der Waals surface area contributed by atoms with Crippen LogP contribution in [-0.4, -0.2) is 55.1 Å². The van der Waals surface area contributed by atoms with Gasteiger partial charge in [0.05, 0.1) is 0 Å². The van der Waals surface area contributed by atoms with Crippen molar-refractivity contribution < 1.29 is 4.79 Å². The molecule has 0 radical (unpaired) electrons. The van der Waals surface area contributed by atoms with Crippen LogP contribution in [0.2, 0.25) is 0 Å². The summed E-state index contributed by atoms with van der Waals surface area (Å²) in [6, 6.07) is 18.7. The molecule has 0 saturated carbocycles.